The molecule has 1 saturated heterocycles. The van der Waals surface area contributed by atoms with Crippen LogP contribution in [0.15, 0.2) is 30.3 Å². The van der Waals surface area contributed by atoms with Crippen LogP contribution in [0.2, 0.25) is 0 Å². The van der Waals surface area contributed by atoms with E-state index in [0.29, 0.717) is 18.5 Å². The first kappa shape index (κ1) is 14.4. The summed E-state index contributed by atoms with van der Waals surface area (Å²) in [6.07, 6.45) is 3.03. The van der Waals surface area contributed by atoms with Crippen LogP contribution in [0.5, 0.6) is 0 Å². The molecule has 0 radical (unpaired) electrons. The minimum atomic E-state index is -0.708. The molecule has 5 nitrogen and oxygen atoms in total. The topological polar surface area (TPSA) is 63.7 Å². The lowest BCUT2D eigenvalue weighted by atomic mass is 9.51. The maximum Gasteiger partial charge on any atom is 0.309 e. The second kappa shape index (κ2) is 4.91. The number of rotatable bonds is 2. The minimum absolute atomic E-state index is 0.134. The van der Waals surface area contributed by atoms with Gasteiger partial charge < -0.3 is 4.74 Å². The largest absolute Gasteiger partial charge is 0.469 e. The van der Waals surface area contributed by atoms with Crippen molar-refractivity contribution in [1.82, 2.24) is 0 Å². The van der Waals surface area contributed by atoms with Crippen LogP contribution in [0, 0.1) is 23.2 Å². The van der Waals surface area contributed by atoms with Gasteiger partial charge in [-0.2, -0.15) is 0 Å². The van der Waals surface area contributed by atoms with Gasteiger partial charge in [-0.05, 0) is 43.7 Å². The fourth-order valence-corrected chi connectivity index (χ4v) is 4.93. The van der Waals surface area contributed by atoms with E-state index in [4.69, 9.17) is 4.74 Å². The van der Waals surface area contributed by atoms with Crippen LogP contribution in [0.1, 0.15) is 25.7 Å². The number of anilines is 1. The Morgan fingerprint density at radius 1 is 1.17 bits per heavy atom. The number of ether oxygens (including phenoxy) is 1. The Balaban J connectivity index is 1.81. The highest BCUT2D eigenvalue weighted by Crippen LogP contribution is 2.61. The van der Waals surface area contributed by atoms with E-state index in [1.807, 2.05) is 18.2 Å². The normalized spacial score (nSPS) is 35.3. The van der Waals surface area contributed by atoms with Gasteiger partial charge in [0.05, 0.1) is 30.0 Å². The molecule has 23 heavy (non-hydrogen) atoms. The van der Waals surface area contributed by atoms with Crippen LogP contribution < -0.4 is 4.90 Å². The van der Waals surface area contributed by atoms with Crippen LogP contribution in [-0.2, 0) is 19.1 Å². The zero-order valence-corrected chi connectivity index (χ0v) is 13.0. The van der Waals surface area contributed by atoms with Gasteiger partial charge in [-0.25, -0.2) is 4.90 Å². The first-order chi connectivity index (χ1) is 11.1. The first-order valence-electron chi connectivity index (χ1n) is 8.11. The summed E-state index contributed by atoms with van der Waals surface area (Å²) in [7, 11) is 1.35. The molecule has 2 atom stereocenters. The van der Waals surface area contributed by atoms with Gasteiger partial charge in [0.2, 0.25) is 11.8 Å². The third-order valence-electron chi connectivity index (χ3n) is 5.99. The Morgan fingerprint density at radius 3 is 2.43 bits per heavy atom. The number of hydrogen-bond donors (Lipinski definition) is 0. The number of carbonyl (C=O) groups is 3. The van der Waals surface area contributed by atoms with Crippen molar-refractivity contribution in [2.45, 2.75) is 25.7 Å². The van der Waals surface area contributed by atoms with Crippen molar-refractivity contribution in [2.24, 2.45) is 23.2 Å². The van der Waals surface area contributed by atoms with Gasteiger partial charge in [-0.1, -0.05) is 18.2 Å². The fourth-order valence-electron chi connectivity index (χ4n) is 4.93. The number of carbonyl (C=O) groups excluding carboxylic acids is 3. The summed E-state index contributed by atoms with van der Waals surface area (Å²) in [5.74, 6) is -1.60. The second-order valence-corrected chi connectivity index (χ2v) is 6.83. The third kappa shape index (κ3) is 1.76. The number of esters is 1. The first-order valence-corrected chi connectivity index (χ1v) is 8.11. The molecule has 0 N–H and O–H groups in total. The molecule has 1 aromatic carbocycles. The SMILES string of the molecule is COC(=O)[C@@H]1C2CCC3(CC2)C(=O)N(c2ccccc2)C(=O)[C@@H]13. The van der Waals surface area contributed by atoms with E-state index in [9.17, 15) is 14.4 Å². The van der Waals surface area contributed by atoms with E-state index in [1.54, 1.807) is 12.1 Å². The van der Waals surface area contributed by atoms with Gasteiger partial charge in [0.15, 0.2) is 0 Å². The van der Waals surface area contributed by atoms with E-state index in [-0.39, 0.29) is 23.7 Å². The Hall–Kier alpha value is -2.17. The average molecular weight is 313 g/mol. The molecule has 2 amide bonds. The molecule has 5 rings (SSSR count). The van der Waals surface area contributed by atoms with Gasteiger partial charge in [0.25, 0.3) is 0 Å². The Labute approximate surface area is 134 Å². The molecule has 1 aliphatic heterocycles. The van der Waals surface area contributed by atoms with Crippen molar-refractivity contribution in [3.05, 3.63) is 30.3 Å². The zero-order valence-electron chi connectivity index (χ0n) is 13.0. The molecular formula is C18H19NO4. The van der Waals surface area contributed by atoms with Crippen molar-refractivity contribution >= 4 is 23.5 Å². The highest BCUT2D eigenvalue weighted by molar-refractivity contribution is 6.24. The standard InChI is InChI=1S/C18H19NO4/c1-23-16(21)13-11-7-9-18(10-8-11)14(13)15(20)19(17(18)22)12-5-3-2-4-6-12/h2-6,11,13-14H,7-10H2,1H3/t11?,13-,14-,18?/m1/s1. The molecule has 1 heterocycles. The van der Waals surface area contributed by atoms with Crippen LogP contribution in [-0.4, -0.2) is 24.9 Å². The van der Waals surface area contributed by atoms with E-state index < -0.39 is 17.3 Å². The average Bonchev–Trinajstić information content (AvgIpc) is 2.83. The number of benzene rings is 1. The highest BCUT2D eigenvalue weighted by Gasteiger charge is 2.68. The molecular weight excluding hydrogens is 294 g/mol. The molecule has 3 aliphatic carbocycles. The van der Waals surface area contributed by atoms with Crippen molar-refractivity contribution in [3.8, 4) is 0 Å². The Bertz CT molecular complexity index is 676. The number of para-hydroxylation sites is 1. The summed E-state index contributed by atoms with van der Waals surface area (Å²) >= 11 is 0. The lowest BCUT2D eigenvalue weighted by Gasteiger charge is -2.49. The number of fused-ring (bicyclic) bond motifs is 2. The fraction of sp³-hybridized carbons (Fsp3) is 0.500. The molecule has 4 fully saturated rings. The maximum absolute atomic E-state index is 13.1. The van der Waals surface area contributed by atoms with Crippen LogP contribution >= 0.6 is 0 Å². The molecule has 5 heteroatoms. The van der Waals surface area contributed by atoms with E-state index in [1.165, 1.54) is 12.0 Å². The van der Waals surface area contributed by atoms with E-state index in [2.05, 4.69) is 0 Å². The molecule has 120 valence electrons. The van der Waals surface area contributed by atoms with E-state index >= 15 is 0 Å². The van der Waals surface area contributed by atoms with E-state index in [0.717, 1.165) is 12.8 Å². The lowest BCUT2D eigenvalue weighted by molar-refractivity contribution is -0.165. The molecule has 4 aliphatic rings. The van der Waals surface area contributed by atoms with Gasteiger partial charge in [-0.3, -0.25) is 14.4 Å². The lowest BCUT2D eigenvalue weighted by Crippen LogP contribution is -2.52. The van der Waals surface area contributed by atoms with Crippen molar-refractivity contribution in [3.63, 3.8) is 0 Å². The number of hydrogen-bond acceptors (Lipinski definition) is 4. The summed E-state index contributed by atoms with van der Waals surface area (Å²) in [6.45, 7) is 0. The summed E-state index contributed by atoms with van der Waals surface area (Å²) in [5.41, 5.74) is -0.112. The number of nitrogens with zero attached hydrogens (tertiary/aromatic N) is 1. The monoisotopic (exact) mass is 313 g/mol. The summed E-state index contributed by atoms with van der Waals surface area (Å²) in [6, 6.07) is 9.00. The summed E-state index contributed by atoms with van der Waals surface area (Å²) < 4.78 is 4.95. The molecule has 2 bridgehead atoms. The maximum atomic E-state index is 13.1. The smallest absolute Gasteiger partial charge is 0.309 e. The predicted octanol–water partition coefficient (Wildman–Crippen LogP) is 2.16. The highest BCUT2D eigenvalue weighted by atomic mass is 16.5. The van der Waals surface area contributed by atoms with Crippen molar-refractivity contribution < 1.29 is 19.1 Å². The van der Waals surface area contributed by atoms with Crippen LogP contribution in [0.4, 0.5) is 5.69 Å². The quantitative estimate of drug-likeness (QED) is 0.620. The van der Waals surface area contributed by atoms with Crippen LogP contribution in [0.3, 0.4) is 0 Å². The Morgan fingerprint density at radius 2 is 1.83 bits per heavy atom. The predicted molar refractivity (Wildman–Crippen MR) is 82.3 cm³/mol. The van der Waals surface area contributed by atoms with Crippen LogP contribution in [0.25, 0.3) is 0 Å². The number of methoxy groups -OCH3 is 1. The van der Waals surface area contributed by atoms with Gasteiger partial charge in [0.1, 0.15) is 0 Å². The van der Waals surface area contributed by atoms with Crippen molar-refractivity contribution in [1.29, 1.82) is 0 Å². The molecule has 3 saturated carbocycles. The van der Waals surface area contributed by atoms with Gasteiger partial charge in [-0.15, -0.1) is 0 Å². The Kier molecular flexibility index (Phi) is 3.08. The summed E-state index contributed by atoms with van der Waals surface area (Å²) in [4.78, 5) is 39.8. The summed E-state index contributed by atoms with van der Waals surface area (Å²) in [5, 5.41) is 0. The van der Waals surface area contributed by atoms with Crippen molar-refractivity contribution in [2.75, 3.05) is 12.0 Å². The molecule has 0 aromatic heterocycles. The molecule has 1 spiro atoms. The number of amides is 2. The third-order valence-corrected chi connectivity index (χ3v) is 5.99. The zero-order chi connectivity index (χ0) is 16.2. The minimum Gasteiger partial charge on any atom is -0.469 e. The number of imide groups is 1. The van der Waals surface area contributed by atoms with Gasteiger partial charge >= 0.3 is 5.97 Å². The van der Waals surface area contributed by atoms with Gasteiger partial charge in [0, 0.05) is 0 Å². The second-order valence-electron chi connectivity index (χ2n) is 6.83. The molecule has 1 aromatic rings. The molecule has 0 unspecified atom stereocenters.